The molecule has 14 heavy (non-hydrogen) atoms. The van der Waals surface area contributed by atoms with Gasteiger partial charge in [0.25, 0.3) is 0 Å². The SMILES string of the molecule is CNCc1csc(C2CCOCC2)n1. The molecule has 0 amide bonds. The molecule has 0 radical (unpaired) electrons. The first-order valence-electron chi connectivity index (χ1n) is 5.07. The van der Waals surface area contributed by atoms with Gasteiger partial charge in [0, 0.05) is 31.1 Å². The number of hydrogen-bond donors (Lipinski definition) is 1. The third kappa shape index (κ3) is 2.32. The number of nitrogens with zero attached hydrogens (tertiary/aromatic N) is 1. The van der Waals surface area contributed by atoms with Gasteiger partial charge in [-0.25, -0.2) is 4.98 Å². The summed E-state index contributed by atoms with van der Waals surface area (Å²) in [5, 5.41) is 6.56. The molecule has 3 nitrogen and oxygen atoms in total. The van der Waals surface area contributed by atoms with Crippen molar-refractivity contribution < 1.29 is 4.74 Å². The average molecular weight is 212 g/mol. The summed E-state index contributed by atoms with van der Waals surface area (Å²) < 4.78 is 5.34. The average Bonchev–Trinajstić information content (AvgIpc) is 2.68. The molecule has 0 spiro atoms. The smallest absolute Gasteiger partial charge is 0.0961 e. The number of hydrogen-bond acceptors (Lipinski definition) is 4. The normalized spacial score (nSPS) is 18.6. The van der Waals surface area contributed by atoms with E-state index in [1.54, 1.807) is 11.3 Å². The fraction of sp³-hybridized carbons (Fsp3) is 0.700. The van der Waals surface area contributed by atoms with Gasteiger partial charge in [0.15, 0.2) is 0 Å². The molecule has 4 heteroatoms. The Morgan fingerprint density at radius 2 is 2.36 bits per heavy atom. The van der Waals surface area contributed by atoms with Gasteiger partial charge in [0.1, 0.15) is 0 Å². The van der Waals surface area contributed by atoms with Crippen molar-refractivity contribution in [2.24, 2.45) is 0 Å². The maximum Gasteiger partial charge on any atom is 0.0961 e. The number of ether oxygens (including phenoxy) is 1. The van der Waals surface area contributed by atoms with Crippen molar-refractivity contribution in [2.75, 3.05) is 20.3 Å². The Morgan fingerprint density at radius 3 is 3.07 bits per heavy atom. The standard InChI is InChI=1S/C10H16N2OS/c1-11-6-9-7-14-10(12-9)8-2-4-13-5-3-8/h7-8,11H,2-6H2,1H3. The van der Waals surface area contributed by atoms with Gasteiger partial charge < -0.3 is 10.1 Å². The van der Waals surface area contributed by atoms with Crippen molar-refractivity contribution in [3.8, 4) is 0 Å². The Hall–Kier alpha value is -0.450. The van der Waals surface area contributed by atoms with Gasteiger partial charge in [-0.1, -0.05) is 0 Å². The first-order chi connectivity index (χ1) is 6.90. The second-order valence-corrected chi connectivity index (χ2v) is 4.48. The van der Waals surface area contributed by atoms with Crippen LogP contribution in [0.2, 0.25) is 0 Å². The molecule has 0 unspecified atom stereocenters. The minimum Gasteiger partial charge on any atom is -0.381 e. The van der Waals surface area contributed by atoms with Crippen LogP contribution in [0.5, 0.6) is 0 Å². The summed E-state index contributed by atoms with van der Waals surface area (Å²) in [6, 6.07) is 0. The lowest BCUT2D eigenvalue weighted by Crippen LogP contribution is -2.14. The van der Waals surface area contributed by atoms with E-state index in [0.717, 1.165) is 32.6 Å². The van der Waals surface area contributed by atoms with E-state index in [0.29, 0.717) is 5.92 Å². The van der Waals surface area contributed by atoms with Crippen LogP contribution in [0.25, 0.3) is 0 Å². The molecule has 2 heterocycles. The summed E-state index contributed by atoms with van der Waals surface area (Å²) in [5.74, 6) is 0.638. The summed E-state index contributed by atoms with van der Waals surface area (Å²) in [5.41, 5.74) is 1.17. The molecule has 1 fully saturated rings. The highest BCUT2D eigenvalue weighted by Gasteiger charge is 2.18. The highest BCUT2D eigenvalue weighted by Crippen LogP contribution is 2.29. The van der Waals surface area contributed by atoms with Crippen LogP contribution < -0.4 is 5.32 Å². The van der Waals surface area contributed by atoms with Gasteiger partial charge in [-0.15, -0.1) is 11.3 Å². The molecule has 1 aliphatic heterocycles. The summed E-state index contributed by atoms with van der Waals surface area (Å²) in [6.07, 6.45) is 2.26. The molecule has 0 saturated carbocycles. The highest BCUT2D eigenvalue weighted by molar-refractivity contribution is 7.09. The maximum absolute atomic E-state index is 5.34. The lowest BCUT2D eigenvalue weighted by atomic mass is 10.0. The predicted octanol–water partition coefficient (Wildman–Crippen LogP) is 1.76. The maximum atomic E-state index is 5.34. The van der Waals surface area contributed by atoms with Crippen molar-refractivity contribution in [3.05, 3.63) is 16.1 Å². The van der Waals surface area contributed by atoms with Crippen LogP contribution in [0, 0.1) is 0 Å². The Balaban J connectivity index is 2.00. The summed E-state index contributed by atoms with van der Waals surface area (Å²) >= 11 is 1.79. The van der Waals surface area contributed by atoms with E-state index in [4.69, 9.17) is 4.74 Å². The number of rotatable bonds is 3. The van der Waals surface area contributed by atoms with E-state index in [-0.39, 0.29) is 0 Å². The van der Waals surface area contributed by atoms with Gasteiger partial charge in [0.2, 0.25) is 0 Å². The Morgan fingerprint density at radius 1 is 1.57 bits per heavy atom. The molecule has 2 rings (SSSR count). The fourth-order valence-corrected chi connectivity index (χ4v) is 2.71. The van der Waals surface area contributed by atoms with E-state index in [9.17, 15) is 0 Å². The zero-order valence-corrected chi connectivity index (χ0v) is 9.27. The molecule has 0 aromatic carbocycles. The van der Waals surface area contributed by atoms with Crippen LogP contribution >= 0.6 is 11.3 Å². The van der Waals surface area contributed by atoms with E-state index >= 15 is 0 Å². The second kappa shape index (κ2) is 4.87. The zero-order valence-electron chi connectivity index (χ0n) is 8.45. The third-order valence-electron chi connectivity index (χ3n) is 2.50. The van der Waals surface area contributed by atoms with Gasteiger partial charge in [0.05, 0.1) is 10.7 Å². The Kier molecular flexibility index (Phi) is 3.50. The van der Waals surface area contributed by atoms with Gasteiger partial charge >= 0.3 is 0 Å². The van der Waals surface area contributed by atoms with Gasteiger partial charge in [-0.2, -0.15) is 0 Å². The topological polar surface area (TPSA) is 34.1 Å². The van der Waals surface area contributed by atoms with Crippen LogP contribution in [0.15, 0.2) is 5.38 Å². The molecule has 1 saturated heterocycles. The fourth-order valence-electron chi connectivity index (χ4n) is 1.72. The molecule has 1 N–H and O–H groups in total. The Labute approximate surface area is 88.5 Å². The van der Waals surface area contributed by atoms with Gasteiger partial charge in [-0.05, 0) is 19.9 Å². The largest absolute Gasteiger partial charge is 0.381 e. The summed E-state index contributed by atoms with van der Waals surface area (Å²) in [6.45, 7) is 2.66. The number of thiazole rings is 1. The van der Waals surface area contributed by atoms with Crippen molar-refractivity contribution in [3.63, 3.8) is 0 Å². The molecule has 1 aromatic heterocycles. The van der Waals surface area contributed by atoms with E-state index < -0.39 is 0 Å². The number of nitrogens with one attached hydrogen (secondary N) is 1. The van der Waals surface area contributed by atoms with Crippen molar-refractivity contribution in [1.29, 1.82) is 0 Å². The summed E-state index contributed by atoms with van der Waals surface area (Å²) in [4.78, 5) is 4.62. The highest BCUT2D eigenvalue weighted by atomic mass is 32.1. The zero-order chi connectivity index (χ0) is 9.80. The Bertz CT molecular complexity index is 281. The predicted molar refractivity (Wildman–Crippen MR) is 57.7 cm³/mol. The molecule has 1 aromatic rings. The summed E-state index contributed by atoms with van der Waals surface area (Å²) in [7, 11) is 1.95. The van der Waals surface area contributed by atoms with E-state index in [2.05, 4.69) is 15.7 Å². The first-order valence-corrected chi connectivity index (χ1v) is 5.94. The minimum atomic E-state index is 0.638. The van der Waals surface area contributed by atoms with Crippen LogP contribution in [0.3, 0.4) is 0 Å². The molecular formula is C10H16N2OS. The lowest BCUT2D eigenvalue weighted by Gasteiger charge is -2.19. The van der Waals surface area contributed by atoms with Crippen LogP contribution in [-0.2, 0) is 11.3 Å². The molecule has 1 aliphatic rings. The van der Waals surface area contributed by atoms with E-state index in [1.807, 2.05) is 7.05 Å². The molecule has 0 bridgehead atoms. The first kappa shape index (κ1) is 10.1. The van der Waals surface area contributed by atoms with Gasteiger partial charge in [-0.3, -0.25) is 0 Å². The molecular weight excluding hydrogens is 196 g/mol. The van der Waals surface area contributed by atoms with E-state index in [1.165, 1.54) is 10.7 Å². The van der Waals surface area contributed by atoms with Crippen LogP contribution in [-0.4, -0.2) is 25.2 Å². The lowest BCUT2D eigenvalue weighted by molar-refractivity contribution is 0.0852. The third-order valence-corrected chi connectivity index (χ3v) is 3.55. The van der Waals surface area contributed by atoms with Crippen molar-refractivity contribution in [2.45, 2.75) is 25.3 Å². The minimum absolute atomic E-state index is 0.638. The monoisotopic (exact) mass is 212 g/mol. The van der Waals surface area contributed by atoms with Crippen molar-refractivity contribution in [1.82, 2.24) is 10.3 Å². The molecule has 78 valence electrons. The van der Waals surface area contributed by atoms with Crippen molar-refractivity contribution >= 4 is 11.3 Å². The number of aromatic nitrogens is 1. The quantitative estimate of drug-likeness (QED) is 0.829. The second-order valence-electron chi connectivity index (χ2n) is 3.59. The van der Waals surface area contributed by atoms with Crippen LogP contribution in [0.4, 0.5) is 0 Å². The molecule has 0 atom stereocenters. The van der Waals surface area contributed by atoms with Crippen LogP contribution in [0.1, 0.15) is 29.5 Å². The molecule has 0 aliphatic carbocycles.